The van der Waals surface area contributed by atoms with Gasteiger partial charge in [0.25, 0.3) is 5.56 Å². The van der Waals surface area contributed by atoms with Gasteiger partial charge in [0.05, 0.1) is 17.4 Å². The van der Waals surface area contributed by atoms with E-state index in [1.54, 1.807) is 36.4 Å². The summed E-state index contributed by atoms with van der Waals surface area (Å²) in [5.41, 5.74) is 0.992. The van der Waals surface area contributed by atoms with Crippen molar-refractivity contribution in [3.63, 3.8) is 0 Å². The fraction of sp³-hybridized carbons (Fsp3) is 0.0909. The molecular weight excluding hydrogens is 359 g/mol. The van der Waals surface area contributed by atoms with Crippen molar-refractivity contribution in [2.24, 2.45) is 0 Å². The van der Waals surface area contributed by atoms with Crippen molar-refractivity contribution in [3.8, 4) is 0 Å². The second kappa shape index (κ2) is 7.52. The summed E-state index contributed by atoms with van der Waals surface area (Å²) >= 11 is 0. The van der Waals surface area contributed by atoms with Crippen molar-refractivity contribution < 1.29 is 9.23 Å². The van der Waals surface area contributed by atoms with Crippen LogP contribution in [0.1, 0.15) is 11.1 Å². The molecule has 4 rings (SSSR count). The summed E-state index contributed by atoms with van der Waals surface area (Å²) in [7, 11) is 0. The Bertz CT molecular complexity index is 1230. The molecule has 0 radical (unpaired) electrons. The van der Waals surface area contributed by atoms with Gasteiger partial charge in [0.1, 0.15) is 12.4 Å². The molecule has 28 heavy (non-hydrogen) atoms. The molecule has 1 aromatic heterocycles. The van der Waals surface area contributed by atoms with E-state index in [0.717, 1.165) is 15.9 Å². The van der Waals surface area contributed by atoms with Crippen molar-refractivity contribution in [2.45, 2.75) is 13.2 Å². The van der Waals surface area contributed by atoms with Crippen LogP contribution in [0.5, 0.6) is 0 Å². The standard InChI is InChI=1S/C22H17FN2O3/c23-18-12-10-16(11-13-18)14-24-20-9-5-4-8-19(20)21(26)25(22(24)27)28-15-17-6-2-1-3-7-17/h1-13H,14-15H2. The van der Waals surface area contributed by atoms with Crippen molar-refractivity contribution in [3.05, 3.63) is 117 Å². The van der Waals surface area contributed by atoms with Gasteiger partial charge in [-0.05, 0) is 35.4 Å². The molecule has 0 aliphatic heterocycles. The number of fused-ring (bicyclic) bond motifs is 1. The van der Waals surface area contributed by atoms with Crippen LogP contribution >= 0.6 is 0 Å². The monoisotopic (exact) mass is 376 g/mol. The summed E-state index contributed by atoms with van der Waals surface area (Å²) < 4.78 is 15.4. The van der Waals surface area contributed by atoms with E-state index in [0.29, 0.717) is 10.9 Å². The number of rotatable bonds is 5. The minimum atomic E-state index is -0.580. The maximum atomic E-state index is 13.2. The summed E-state index contributed by atoms with van der Waals surface area (Å²) in [5.74, 6) is -0.350. The second-order valence-corrected chi connectivity index (χ2v) is 6.37. The Kier molecular flexibility index (Phi) is 4.76. The van der Waals surface area contributed by atoms with Crippen LogP contribution in [0.3, 0.4) is 0 Å². The molecule has 0 N–H and O–H groups in total. The Morgan fingerprint density at radius 3 is 2.21 bits per heavy atom. The van der Waals surface area contributed by atoms with Crippen LogP contribution in [0.4, 0.5) is 4.39 Å². The number of halogens is 1. The predicted octanol–water partition coefficient (Wildman–Crippen LogP) is 2.98. The highest BCUT2D eigenvalue weighted by atomic mass is 19.1. The van der Waals surface area contributed by atoms with E-state index in [-0.39, 0.29) is 19.0 Å². The third-order valence-corrected chi connectivity index (χ3v) is 4.47. The molecule has 0 fully saturated rings. The number of nitrogens with zero attached hydrogens (tertiary/aromatic N) is 2. The topological polar surface area (TPSA) is 53.2 Å². The third-order valence-electron chi connectivity index (χ3n) is 4.47. The molecule has 0 aliphatic rings. The van der Waals surface area contributed by atoms with Gasteiger partial charge in [-0.3, -0.25) is 9.36 Å². The van der Waals surface area contributed by atoms with Crippen LogP contribution < -0.4 is 16.1 Å². The van der Waals surface area contributed by atoms with Gasteiger partial charge >= 0.3 is 5.69 Å². The summed E-state index contributed by atoms with van der Waals surface area (Å²) in [6.07, 6.45) is 0. The molecule has 0 aliphatic carbocycles. The quantitative estimate of drug-likeness (QED) is 0.538. The van der Waals surface area contributed by atoms with Gasteiger partial charge in [0, 0.05) is 0 Å². The summed E-state index contributed by atoms with van der Waals surface area (Å²) in [4.78, 5) is 31.4. The minimum absolute atomic E-state index is 0.0882. The van der Waals surface area contributed by atoms with E-state index in [9.17, 15) is 14.0 Å². The highest BCUT2D eigenvalue weighted by Gasteiger charge is 2.14. The molecular formula is C22H17FN2O3. The third kappa shape index (κ3) is 3.44. The maximum Gasteiger partial charge on any atom is 0.365 e. The van der Waals surface area contributed by atoms with E-state index in [2.05, 4.69) is 0 Å². The first-order valence-corrected chi connectivity index (χ1v) is 8.80. The average Bonchev–Trinajstić information content (AvgIpc) is 2.73. The molecule has 140 valence electrons. The van der Waals surface area contributed by atoms with Gasteiger partial charge in [-0.25, -0.2) is 9.18 Å². The zero-order valence-corrected chi connectivity index (χ0v) is 14.9. The Labute approximate surface area is 159 Å². The molecule has 1 heterocycles. The van der Waals surface area contributed by atoms with Gasteiger partial charge in [0.2, 0.25) is 0 Å². The summed E-state index contributed by atoms with van der Waals surface area (Å²) in [5, 5.41) is 0.372. The molecule has 0 amide bonds. The molecule has 0 unspecified atom stereocenters. The first kappa shape index (κ1) is 17.7. The lowest BCUT2D eigenvalue weighted by atomic mass is 10.2. The van der Waals surface area contributed by atoms with E-state index in [4.69, 9.17) is 4.84 Å². The molecule has 0 atom stereocenters. The zero-order chi connectivity index (χ0) is 19.5. The molecule has 0 saturated heterocycles. The zero-order valence-electron chi connectivity index (χ0n) is 14.9. The van der Waals surface area contributed by atoms with Crippen molar-refractivity contribution in [1.82, 2.24) is 9.30 Å². The second-order valence-electron chi connectivity index (χ2n) is 6.37. The van der Waals surface area contributed by atoms with Crippen LogP contribution in [0.25, 0.3) is 10.9 Å². The SMILES string of the molecule is O=c1c2ccccc2n(Cc2ccc(F)cc2)c(=O)n1OCc1ccccc1. The smallest absolute Gasteiger partial charge is 0.365 e. The maximum absolute atomic E-state index is 13.2. The summed E-state index contributed by atoms with van der Waals surface area (Å²) in [6.45, 7) is 0.277. The fourth-order valence-corrected chi connectivity index (χ4v) is 3.05. The van der Waals surface area contributed by atoms with Gasteiger partial charge in [-0.1, -0.05) is 59.3 Å². The Hall–Kier alpha value is -3.67. The largest absolute Gasteiger partial charge is 0.401 e. The predicted molar refractivity (Wildman–Crippen MR) is 105 cm³/mol. The Morgan fingerprint density at radius 2 is 1.46 bits per heavy atom. The molecule has 6 heteroatoms. The van der Waals surface area contributed by atoms with E-state index >= 15 is 0 Å². The molecule has 4 aromatic rings. The van der Waals surface area contributed by atoms with E-state index in [1.165, 1.54) is 16.7 Å². The number of aromatic nitrogens is 2. The van der Waals surface area contributed by atoms with Gasteiger partial charge in [-0.2, -0.15) is 0 Å². The van der Waals surface area contributed by atoms with Crippen molar-refractivity contribution in [1.29, 1.82) is 0 Å². The minimum Gasteiger partial charge on any atom is -0.401 e. The fourth-order valence-electron chi connectivity index (χ4n) is 3.05. The van der Waals surface area contributed by atoms with Crippen LogP contribution in [0.15, 0.2) is 88.5 Å². The lowest BCUT2D eigenvalue weighted by Crippen LogP contribution is -2.43. The van der Waals surface area contributed by atoms with E-state index in [1.807, 2.05) is 30.3 Å². The molecule has 3 aromatic carbocycles. The van der Waals surface area contributed by atoms with Gasteiger partial charge < -0.3 is 4.84 Å². The molecule has 5 nitrogen and oxygen atoms in total. The number of hydrogen-bond acceptors (Lipinski definition) is 3. The molecule has 0 bridgehead atoms. The highest BCUT2D eigenvalue weighted by molar-refractivity contribution is 5.77. The van der Waals surface area contributed by atoms with Gasteiger partial charge in [-0.15, -0.1) is 0 Å². The van der Waals surface area contributed by atoms with Crippen LogP contribution in [-0.4, -0.2) is 9.30 Å². The van der Waals surface area contributed by atoms with Crippen LogP contribution in [0, 0.1) is 5.82 Å². The lowest BCUT2D eigenvalue weighted by Gasteiger charge is -2.14. The lowest BCUT2D eigenvalue weighted by molar-refractivity contribution is 0.0776. The molecule has 0 saturated carbocycles. The van der Waals surface area contributed by atoms with Crippen LogP contribution in [0.2, 0.25) is 0 Å². The van der Waals surface area contributed by atoms with Crippen LogP contribution in [-0.2, 0) is 13.2 Å². The number of para-hydroxylation sites is 1. The Balaban J connectivity index is 1.80. The van der Waals surface area contributed by atoms with Crippen molar-refractivity contribution in [2.75, 3.05) is 0 Å². The Morgan fingerprint density at radius 1 is 0.786 bits per heavy atom. The first-order valence-electron chi connectivity index (χ1n) is 8.80. The van der Waals surface area contributed by atoms with E-state index < -0.39 is 11.2 Å². The summed E-state index contributed by atoms with van der Waals surface area (Å²) in [6, 6.07) is 22.0. The normalized spacial score (nSPS) is 10.9. The molecule has 0 spiro atoms. The van der Waals surface area contributed by atoms with Crippen molar-refractivity contribution >= 4 is 10.9 Å². The van der Waals surface area contributed by atoms with Gasteiger partial charge in [0.15, 0.2) is 0 Å². The average molecular weight is 376 g/mol. The first-order chi connectivity index (χ1) is 13.6. The number of benzene rings is 3. The highest BCUT2D eigenvalue weighted by Crippen LogP contribution is 2.11. The number of hydrogen-bond donors (Lipinski definition) is 0.